The van der Waals surface area contributed by atoms with Crippen LogP contribution in [0.5, 0.6) is 0 Å². The molecule has 1 aliphatic rings. The number of carbonyl (C=O) groups is 2. The minimum absolute atomic E-state index is 0.0711. The molecular weight excluding hydrogens is 348 g/mol. The number of nitrogens with zero attached hydrogens (tertiary/aromatic N) is 1. The standard InChI is InChI=1S/C24H30N2O2/c1-2-22(20-11-7-4-8-12-20)24(28)26-17-15-21(16-18-26)25-23(27)14-13-19-9-5-3-6-10-19/h3-12,21-22H,2,13-18H2,1H3,(H,25,27)/t22-/m0/s1. The molecule has 0 saturated carbocycles. The summed E-state index contributed by atoms with van der Waals surface area (Å²) >= 11 is 0. The van der Waals surface area contributed by atoms with Gasteiger partial charge in [0.05, 0.1) is 5.92 Å². The summed E-state index contributed by atoms with van der Waals surface area (Å²) in [7, 11) is 0. The lowest BCUT2D eigenvalue weighted by molar-refractivity contribution is -0.134. The van der Waals surface area contributed by atoms with Crippen LogP contribution < -0.4 is 5.32 Å². The van der Waals surface area contributed by atoms with Gasteiger partial charge in [-0.1, -0.05) is 67.6 Å². The van der Waals surface area contributed by atoms with Gasteiger partial charge in [0.15, 0.2) is 0 Å². The molecule has 1 saturated heterocycles. The maximum absolute atomic E-state index is 13.0. The topological polar surface area (TPSA) is 49.4 Å². The van der Waals surface area contributed by atoms with Gasteiger partial charge in [0.25, 0.3) is 0 Å². The molecule has 1 N–H and O–H groups in total. The molecule has 1 fully saturated rings. The predicted octanol–water partition coefficient (Wildman–Crippen LogP) is 3.92. The number of piperidine rings is 1. The fourth-order valence-electron chi connectivity index (χ4n) is 3.91. The summed E-state index contributed by atoms with van der Waals surface area (Å²) in [4.78, 5) is 27.2. The number of rotatable bonds is 7. The van der Waals surface area contributed by atoms with E-state index in [-0.39, 0.29) is 23.8 Å². The lowest BCUT2D eigenvalue weighted by atomic mass is 9.93. The van der Waals surface area contributed by atoms with Gasteiger partial charge in [-0.25, -0.2) is 0 Å². The fraction of sp³-hybridized carbons (Fsp3) is 0.417. The van der Waals surface area contributed by atoms with Crippen molar-refractivity contribution < 1.29 is 9.59 Å². The fourth-order valence-corrected chi connectivity index (χ4v) is 3.91. The third kappa shape index (κ3) is 5.44. The first-order chi connectivity index (χ1) is 13.7. The van der Waals surface area contributed by atoms with Crippen LogP contribution in [0.15, 0.2) is 60.7 Å². The number of aryl methyl sites for hydroxylation is 1. The van der Waals surface area contributed by atoms with E-state index < -0.39 is 0 Å². The molecule has 4 nitrogen and oxygen atoms in total. The number of benzene rings is 2. The van der Waals surface area contributed by atoms with Crippen molar-refractivity contribution >= 4 is 11.8 Å². The predicted molar refractivity (Wildman–Crippen MR) is 112 cm³/mol. The Kier molecular flexibility index (Phi) is 7.24. The first-order valence-corrected chi connectivity index (χ1v) is 10.3. The Hall–Kier alpha value is -2.62. The van der Waals surface area contributed by atoms with E-state index >= 15 is 0 Å². The van der Waals surface area contributed by atoms with E-state index in [1.165, 1.54) is 5.56 Å². The SMILES string of the molecule is CC[C@H](C(=O)N1CCC(NC(=O)CCc2ccccc2)CC1)c1ccccc1. The number of likely N-dealkylation sites (tertiary alicyclic amines) is 1. The van der Waals surface area contributed by atoms with Gasteiger partial charge >= 0.3 is 0 Å². The lowest BCUT2D eigenvalue weighted by Crippen LogP contribution is -2.47. The molecule has 2 amide bonds. The number of carbonyl (C=O) groups excluding carboxylic acids is 2. The van der Waals surface area contributed by atoms with Crippen molar-refractivity contribution in [2.45, 2.75) is 51.0 Å². The molecule has 0 bridgehead atoms. The van der Waals surface area contributed by atoms with Gasteiger partial charge in [-0.2, -0.15) is 0 Å². The van der Waals surface area contributed by atoms with Gasteiger partial charge in [0.1, 0.15) is 0 Å². The zero-order chi connectivity index (χ0) is 19.8. The Bertz CT molecular complexity index is 753. The van der Waals surface area contributed by atoms with Gasteiger partial charge in [-0.15, -0.1) is 0 Å². The van der Waals surface area contributed by atoms with E-state index in [4.69, 9.17) is 0 Å². The second-order valence-corrected chi connectivity index (χ2v) is 7.52. The third-order valence-corrected chi connectivity index (χ3v) is 5.56. The van der Waals surface area contributed by atoms with Gasteiger partial charge < -0.3 is 10.2 Å². The Balaban J connectivity index is 1.44. The first-order valence-electron chi connectivity index (χ1n) is 10.3. The van der Waals surface area contributed by atoms with Crippen LogP contribution in [0.3, 0.4) is 0 Å². The Morgan fingerprint density at radius 1 is 1.00 bits per heavy atom. The minimum Gasteiger partial charge on any atom is -0.353 e. The molecule has 2 aromatic carbocycles. The molecule has 0 aliphatic carbocycles. The van der Waals surface area contributed by atoms with Crippen molar-refractivity contribution in [2.75, 3.05) is 13.1 Å². The monoisotopic (exact) mass is 378 g/mol. The van der Waals surface area contributed by atoms with E-state index in [9.17, 15) is 9.59 Å². The maximum atomic E-state index is 13.0. The Morgan fingerprint density at radius 2 is 1.61 bits per heavy atom. The van der Waals surface area contributed by atoms with Crippen LogP contribution in [0.25, 0.3) is 0 Å². The highest BCUT2D eigenvalue weighted by molar-refractivity contribution is 5.84. The smallest absolute Gasteiger partial charge is 0.230 e. The van der Waals surface area contributed by atoms with E-state index in [0.717, 1.165) is 31.2 Å². The second-order valence-electron chi connectivity index (χ2n) is 7.52. The molecule has 0 radical (unpaired) electrons. The molecular formula is C24H30N2O2. The summed E-state index contributed by atoms with van der Waals surface area (Å²) in [6.45, 7) is 3.49. The summed E-state index contributed by atoms with van der Waals surface area (Å²) in [5.41, 5.74) is 2.27. The van der Waals surface area contributed by atoms with Crippen LogP contribution in [0.4, 0.5) is 0 Å². The molecule has 1 atom stereocenters. The van der Waals surface area contributed by atoms with Crippen molar-refractivity contribution in [1.29, 1.82) is 0 Å². The minimum atomic E-state index is -0.0711. The quantitative estimate of drug-likeness (QED) is 0.794. The van der Waals surface area contributed by atoms with Crippen LogP contribution >= 0.6 is 0 Å². The number of amides is 2. The molecule has 3 rings (SSSR count). The molecule has 148 valence electrons. The van der Waals surface area contributed by atoms with Crippen molar-refractivity contribution in [3.05, 3.63) is 71.8 Å². The zero-order valence-electron chi connectivity index (χ0n) is 16.6. The molecule has 0 spiro atoms. The second kappa shape index (κ2) is 10.1. The van der Waals surface area contributed by atoms with E-state index in [1.807, 2.05) is 65.6 Å². The van der Waals surface area contributed by atoms with Crippen molar-refractivity contribution in [2.24, 2.45) is 0 Å². The first kappa shape index (κ1) is 20.1. The van der Waals surface area contributed by atoms with Gasteiger partial charge in [-0.3, -0.25) is 9.59 Å². The van der Waals surface area contributed by atoms with Crippen molar-refractivity contribution in [1.82, 2.24) is 10.2 Å². The van der Waals surface area contributed by atoms with E-state index in [1.54, 1.807) is 0 Å². The summed E-state index contributed by atoms with van der Waals surface area (Å²) in [6, 6.07) is 20.3. The zero-order valence-corrected chi connectivity index (χ0v) is 16.6. The molecule has 28 heavy (non-hydrogen) atoms. The van der Waals surface area contributed by atoms with Crippen LogP contribution in [0.2, 0.25) is 0 Å². The Morgan fingerprint density at radius 3 is 2.21 bits per heavy atom. The van der Waals surface area contributed by atoms with Gasteiger partial charge in [0.2, 0.25) is 11.8 Å². The van der Waals surface area contributed by atoms with Gasteiger partial charge in [0, 0.05) is 25.6 Å². The van der Waals surface area contributed by atoms with Crippen LogP contribution in [0.1, 0.15) is 49.7 Å². The van der Waals surface area contributed by atoms with E-state index in [0.29, 0.717) is 19.5 Å². The number of nitrogens with one attached hydrogen (secondary N) is 1. The highest BCUT2D eigenvalue weighted by Gasteiger charge is 2.28. The molecule has 0 aromatic heterocycles. The maximum Gasteiger partial charge on any atom is 0.230 e. The highest BCUT2D eigenvalue weighted by Crippen LogP contribution is 2.24. The number of hydrogen-bond acceptors (Lipinski definition) is 2. The van der Waals surface area contributed by atoms with Crippen LogP contribution in [-0.2, 0) is 16.0 Å². The highest BCUT2D eigenvalue weighted by atomic mass is 16.2. The van der Waals surface area contributed by atoms with Crippen LogP contribution in [-0.4, -0.2) is 35.8 Å². The molecule has 2 aromatic rings. The Labute approximate surface area is 167 Å². The average Bonchev–Trinajstić information content (AvgIpc) is 2.75. The third-order valence-electron chi connectivity index (χ3n) is 5.56. The summed E-state index contributed by atoms with van der Waals surface area (Å²) in [5.74, 6) is 0.241. The molecule has 0 unspecified atom stereocenters. The summed E-state index contributed by atoms with van der Waals surface area (Å²) < 4.78 is 0. The number of hydrogen-bond donors (Lipinski definition) is 1. The molecule has 1 aliphatic heterocycles. The summed E-state index contributed by atoms with van der Waals surface area (Å²) in [6.07, 6.45) is 3.73. The van der Waals surface area contributed by atoms with Crippen molar-refractivity contribution in [3.8, 4) is 0 Å². The van der Waals surface area contributed by atoms with E-state index in [2.05, 4.69) is 12.2 Å². The average molecular weight is 379 g/mol. The molecule has 1 heterocycles. The van der Waals surface area contributed by atoms with Crippen molar-refractivity contribution in [3.63, 3.8) is 0 Å². The molecule has 4 heteroatoms. The van der Waals surface area contributed by atoms with Gasteiger partial charge in [-0.05, 0) is 36.8 Å². The largest absolute Gasteiger partial charge is 0.353 e. The normalized spacial score (nSPS) is 15.8. The lowest BCUT2D eigenvalue weighted by Gasteiger charge is -2.34. The summed E-state index contributed by atoms with van der Waals surface area (Å²) in [5, 5.41) is 3.15. The van der Waals surface area contributed by atoms with Crippen LogP contribution in [0, 0.1) is 0 Å².